The van der Waals surface area contributed by atoms with Crippen molar-refractivity contribution in [1.82, 2.24) is 9.97 Å². The SMILES string of the molecule is CC(=O)c1cccc(Nc2ncnc3scc(-c4ccc(F)cc4)c23)c1. The number of ketones is 1. The Morgan fingerprint density at radius 2 is 1.92 bits per heavy atom. The van der Waals surface area contributed by atoms with Gasteiger partial charge in [-0.3, -0.25) is 4.79 Å². The molecule has 0 aliphatic heterocycles. The van der Waals surface area contributed by atoms with Crippen LogP contribution in [-0.2, 0) is 0 Å². The summed E-state index contributed by atoms with van der Waals surface area (Å²) in [5, 5.41) is 6.14. The number of hydrogen-bond acceptors (Lipinski definition) is 5. The number of anilines is 2. The van der Waals surface area contributed by atoms with Crippen molar-refractivity contribution in [3.63, 3.8) is 0 Å². The van der Waals surface area contributed by atoms with Crippen LogP contribution in [0.1, 0.15) is 17.3 Å². The highest BCUT2D eigenvalue weighted by atomic mass is 32.1. The Balaban J connectivity index is 1.80. The van der Waals surface area contributed by atoms with Gasteiger partial charge in [0, 0.05) is 22.2 Å². The van der Waals surface area contributed by atoms with Crippen molar-refractivity contribution in [1.29, 1.82) is 0 Å². The number of fused-ring (bicyclic) bond motifs is 1. The summed E-state index contributed by atoms with van der Waals surface area (Å²) in [5.41, 5.74) is 3.24. The first-order valence-corrected chi connectivity index (χ1v) is 8.86. The second-order valence-electron chi connectivity index (χ2n) is 5.82. The molecule has 0 spiro atoms. The zero-order chi connectivity index (χ0) is 18.1. The summed E-state index contributed by atoms with van der Waals surface area (Å²) in [5.74, 6) is 0.379. The van der Waals surface area contributed by atoms with Gasteiger partial charge in [-0.1, -0.05) is 24.3 Å². The maximum absolute atomic E-state index is 13.3. The second-order valence-corrected chi connectivity index (χ2v) is 6.68. The first-order valence-electron chi connectivity index (χ1n) is 7.98. The van der Waals surface area contributed by atoms with E-state index in [2.05, 4.69) is 15.3 Å². The summed E-state index contributed by atoms with van der Waals surface area (Å²) in [6.07, 6.45) is 1.50. The van der Waals surface area contributed by atoms with Gasteiger partial charge >= 0.3 is 0 Å². The van der Waals surface area contributed by atoms with Crippen LogP contribution in [0.15, 0.2) is 60.2 Å². The molecule has 0 saturated carbocycles. The van der Waals surface area contributed by atoms with Crippen LogP contribution in [0.3, 0.4) is 0 Å². The highest BCUT2D eigenvalue weighted by Crippen LogP contribution is 2.37. The molecule has 6 heteroatoms. The largest absolute Gasteiger partial charge is 0.340 e. The van der Waals surface area contributed by atoms with Gasteiger partial charge in [-0.15, -0.1) is 11.3 Å². The Morgan fingerprint density at radius 3 is 2.69 bits per heavy atom. The molecule has 4 rings (SSSR count). The Bertz CT molecular complexity index is 1110. The molecular weight excluding hydrogens is 349 g/mol. The minimum absolute atomic E-state index is 0.00372. The monoisotopic (exact) mass is 363 g/mol. The molecule has 0 saturated heterocycles. The number of nitrogens with one attached hydrogen (secondary N) is 1. The molecule has 0 radical (unpaired) electrons. The summed E-state index contributed by atoms with van der Waals surface area (Å²) in [6, 6.07) is 13.6. The molecule has 0 atom stereocenters. The van der Waals surface area contributed by atoms with E-state index in [1.165, 1.54) is 36.7 Å². The van der Waals surface area contributed by atoms with E-state index in [0.29, 0.717) is 11.4 Å². The second kappa shape index (κ2) is 6.65. The number of Topliss-reactive ketones (excluding diaryl/α,β-unsaturated/α-hetero) is 1. The molecule has 1 N–H and O–H groups in total. The van der Waals surface area contributed by atoms with Crippen LogP contribution in [0.4, 0.5) is 15.9 Å². The number of benzene rings is 2. The number of halogens is 1. The molecule has 0 fully saturated rings. The molecule has 2 heterocycles. The molecule has 0 bridgehead atoms. The van der Waals surface area contributed by atoms with E-state index in [1.54, 1.807) is 24.3 Å². The van der Waals surface area contributed by atoms with Crippen LogP contribution < -0.4 is 5.32 Å². The molecule has 4 nitrogen and oxygen atoms in total. The Hall–Kier alpha value is -3.12. The van der Waals surface area contributed by atoms with Crippen molar-refractivity contribution in [2.75, 3.05) is 5.32 Å². The summed E-state index contributed by atoms with van der Waals surface area (Å²) < 4.78 is 13.3. The standard InChI is InChI=1S/C20H14FN3OS/c1-12(25)14-3-2-4-16(9-14)24-19-18-17(10-26-20(18)23-11-22-19)13-5-7-15(21)8-6-13/h2-11H,1H3,(H,22,23,24). The summed E-state index contributed by atoms with van der Waals surface area (Å²) >= 11 is 1.51. The molecule has 26 heavy (non-hydrogen) atoms. The van der Waals surface area contributed by atoms with Crippen LogP contribution >= 0.6 is 11.3 Å². The summed E-state index contributed by atoms with van der Waals surface area (Å²) in [6.45, 7) is 1.54. The van der Waals surface area contributed by atoms with E-state index in [-0.39, 0.29) is 11.6 Å². The Labute approximate surface area is 153 Å². The fourth-order valence-corrected chi connectivity index (χ4v) is 3.68. The average molecular weight is 363 g/mol. The third kappa shape index (κ3) is 3.07. The number of hydrogen-bond donors (Lipinski definition) is 1. The maximum Gasteiger partial charge on any atom is 0.159 e. The quantitative estimate of drug-likeness (QED) is 0.490. The van der Waals surface area contributed by atoms with Gasteiger partial charge in [-0.05, 0) is 36.8 Å². The van der Waals surface area contributed by atoms with Crippen LogP contribution in [0, 0.1) is 5.82 Å². The molecule has 2 aromatic heterocycles. The predicted molar refractivity (Wildman–Crippen MR) is 103 cm³/mol. The van der Waals surface area contributed by atoms with Gasteiger partial charge < -0.3 is 5.32 Å². The van der Waals surface area contributed by atoms with Crippen molar-refractivity contribution in [3.8, 4) is 11.1 Å². The molecule has 128 valence electrons. The summed E-state index contributed by atoms with van der Waals surface area (Å²) in [7, 11) is 0. The Morgan fingerprint density at radius 1 is 1.12 bits per heavy atom. The average Bonchev–Trinajstić information content (AvgIpc) is 3.08. The zero-order valence-electron chi connectivity index (χ0n) is 13.9. The van der Waals surface area contributed by atoms with Gasteiger partial charge in [-0.25, -0.2) is 14.4 Å². The van der Waals surface area contributed by atoms with Gasteiger partial charge in [0.2, 0.25) is 0 Å². The lowest BCUT2D eigenvalue weighted by Crippen LogP contribution is -1.98. The lowest BCUT2D eigenvalue weighted by atomic mass is 10.1. The molecule has 0 amide bonds. The third-order valence-corrected chi connectivity index (χ3v) is 4.94. The minimum atomic E-state index is -0.274. The van der Waals surface area contributed by atoms with E-state index in [0.717, 1.165) is 27.0 Å². The Kier molecular flexibility index (Phi) is 4.18. The number of thiophene rings is 1. The highest BCUT2D eigenvalue weighted by molar-refractivity contribution is 7.17. The molecule has 0 aliphatic carbocycles. The molecule has 2 aromatic carbocycles. The normalized spacial score (nSPS) is 10.8. The van der Waals surface area contributed by atoms with Crippen molar-refractivity contribution in [2.24, 2.45) is 0 Å². The van der Waals surface area contributed by atoms with E-state index < -0.39 is 0 Å². The molecular formula is C20H14FN3OS. The third-order valence-electron chi connectivity index (χ3n) is 4.06. The zero-order valence-corrected chi connectivity index (χ0v) is 14.7. The van der Waals surface area contributed by atoms with E-state index in [1.807, 2.05) is 17.5 Å². The van der Waals surface area contributed by atoms with Crippen LogP contribution in [0.2, 0.25) is 0 Å². The van der Waals surface area contributed by atoms with Crippen molar-refractivity contribution < 1.29 is 9.18 Å². The predicted octanol–water partition coefficient (Wildman–Crippen LogP) is 5.44. The van der Waals surface area contributed by atoms with Crippen LogP contribution in [0.25, 0.3) is 21.3 Å². The summed E-state index contributed by atoms with van der Waals surface area (Å²) in [4.78, 5) is 21.2. The van der Waals surface area contributed by atoms with E-state index >= 15 is 0 Å². The lowest BCUT2D eigenvalue weighted by molar-refractivity contribution is 0.101. The van der Waals surface area contributed by atoms with Crippen molar-refractivity contribution in [2.45, 2.75) is 6.92 Å². The highest BCUT2D eigenvalue weighted by Gasteiger charge is 2.14. The van der Waals surface area contributed by atoms with Gasteiger partial charge in [0.25, 0.3) is 0 Å². The van der Waals surface area contributed by atoms with E-state index in [9.17, 15) is 9.18 Å². The minimum Gasteiger partial charge on any atom is -0.340 e. The van der Waals surface area contributed by atoms with Gasteiger partial charge in [0.15, 0.2) is 5.78 Å². The number of carbonyl (C=O) groups excluding carboxylic acids is 1. The number of nitrogens with zero attached hydrogens (tertiary/aromatic N) is 2. The maximum atomic E-state index is 13.3. The van der Waals surface area contributed by atoms with Gasteiger partial charge in [0.1, 0.15) is 22.8 Å². The number of aromatic nitrogens is 2. The van der Waals surface area contributed by atoms with E-state index in [4.69, 9.17) is 0 Å². The molecule has 0 aliphatic rings. The molecule has 4 aromatic rings. The topological polar surface area (TPSA) is 54.9 Å². The smallest absolute Gasteiger partial charge is 0.159 e. The van der Waals surface area contributed by atoms with Crippen molar-refractivity contribution >= 4 is 38.8 Å². The first kappa shape index (κ1) is 16.4. The number of carbonyl (C=O) groups is 1. The fourth-order valence-electron chi connectivity index (χ4n) is 2.76. The van der Waals surface area contributed by atoms with Crippen molar-refractivity contribution in [3.05, 3.63) is 71.6 Å². The van der Waals surface area contributed by atoms with Crippen LogP contribution in [-0.4, -0.2) is 15.8 Å². The van der Waals surface area contributed by atoms with Gasteiger partial charge in [0.05, 0.1) is 5.39 Å². The number of rotatable bonds is 4. The lowest BCUT2D eigenvalue weighted by Gasteiger charge is -2.09. The first-order chi connectivity index (χ1) is 12.6. The fraction of sp³-hybridized carbons (Fsp3) is 0.0500. The van der Waals surface area contributed by atoms with Crippen LogP contribution in [0.5, 0.6) is 0 Å². The molecule has 0 unspecified atom stereocenters. The van der Waals surface area contributed by atoms with Gasteiger partial charge in [-0.2, -0.15) is 0 Å².